The van der Waals surface area contributed by atoms with Crippen molar-refractivity contribution in [3.05, 3.63) is 0 Å². The maximum Gasteiger partial charge on any atom is 0.226 e. The van der Waals surface area contributed by atoms with E-state index in [1.54, 1.807) is 6.92 Å². The molecular weight excluding hydrogens is 218 g/mol. The van der Waals surface area contributed by atoms with E-state index in [1.807, 2.05) is 13.8 Å². The molecule has 1 aliphatic rings. The van der Waals surface area contributed by atoms with Gasteiger partial charge in [-0.05, 0) is 33.1 Å². The normalized spacial score (nSPS) is 27.2. The van der Waals surface area contributed by atoms with E-state index in [-0.39, 0.29) is 17.9 Å². The number of hydrogen-bond donors (Lipinski definition) is 2. The molecule has 1 aliphatic heterocycles. The van der Waals surface area contributed by atoms with E-state index in [0.717, 1.165) is 6.42 Å². The van der Waals surface area contributed by atoms with Crippen molar-refractivity contribution in [2.75, 3.05) is 6.61 Å². The molecule has 0 radical (unpaired) electrons. The molecular formula is C13H25NO3. The second-order valence-electron chi connectivity index (χ2n) is 5.86. The molecule has 1 saturated heterocycles. The Morgan fingerprint density at radius 1 is 1.41 bits per heavy atom. The summed E-state index contributed by atoms with van der Waals surface area (Å²) in [5.74, 6) is 0.239. The average Bonchev–Trinajstić information content (AvgIpc) is 2.64. The number of ether oxygens (including phenoxy) is 1. The zero-order chi connectivity index (χ0) is 13.2. The molecule has 0 aromatic carbocycles. The molecule has 0 bridgehead atoms. The van der Waals surface area contributed by atoms with Gasteiger partial charge in [0.15, 0.2) is 0 Å². The van der Waals surface area contributed by atoms with Crippen LogP contribution in [0.1, 0.15) is 41.0 Å². The summed E-state index contributed by atoms with van der Waals surface area (Å²) in [4.78, 5) is 12.2. The third-order valence-electron chi connectivity index (χ3n) is 3.62. The fourth-order valence-corrected chi connectivity index (χ4v) is 2.06. The van der Waals surface area contributed by atoms with E-state index in [2.05, 4.69) is 19.2 Å². The van der Waals surface area contributed by atoms with Crippen molar-refractivity contribution in [3.63, 3.8) is 0 Å². The van der Waals surface area contributed by atoms with Gasteiger partial charge in [-0.15, -0.1) is 0 Å². The minimum atomic E-state index is -0.596. The van der Waals surface area contributed by atoms with Gasteiger partial charge in [-0.1, -0.05) is 13.8 Å². The van der Waals surface area contributed by atoms with Crippen LogP contribution in [0.25, 0.3) is 0 Å². The highest BCUT2D eigenvalue weighted by atomic mass is 16.5. The summed E-state index contributed by atoms with van der Waals surface area (Å²) < 4.78 is 5.60. The lowest BCUT2D eigenvalue weighted by Crippen LogP contribution is -2.53. The number of aliphatic hydroxyl groups excluding tert-OH is 1. The van der Waals surface area contributed by atoms with Crippen LogP contribution in [0, 0.1) is 11.8 Å². The summed E-state index contributed by atoms with van der Waals surface area (Å²) in [6, 6.07) is 0. The van der Waals surface area contributed by atoms with Gasteiger partial charge in [0.25, 0.3) is 0 Å². The van der Waals surface area contributed by atoms with Crippen LogP contribution in [0.2, 0.25) is 0 Å². The van der Waals surface area contributed by atoms with E-state index < -0.39 is 11.6 Å². The topological polar surface area (TPSA) is 58.6 Å². The summed E-state index contributed by atoms with van der Waals surface area (Å²) >= 11 is 0. The summed E-state index contributed by atoms with van der Waals surface area (Å²) in [6.45, 7) is 10.1. The molecule has 0 aliphatic carbocycles. The minimum Gasteiger partial charge on any atom is -0.391 e. The predicted molar refractivity (Wildman–Crippen MR) is 66.6 cm³/mol. The van der Waals surface area contributed by atoms with Crippen molar-refractivity contribution in [1.82, 2.24) is 5.32 Å². The van der Waals surface area contributed by atoms with Crippen LogP contribution in [0.4, 0.5) is 0 Å². The van der Waals surface area contributed by atoms with Crippen molar-refractivity contribution in [1.29, 1.82) is 0 Å². The van der Waals surface area contributed by atoms with Gasteiger partial charge in [0.2, 0.25) is 5.91 Å². The van der Waals surface area contributed by atoms with Gasteiger partial charge >= 0.3 is 0 Å². The van der Waals surface area contributed by atoms with Crippen LogP contribution < -0.4 is 5.32 Å². The number of carbonyl (C=O) groups is 1. The van der Waals surface area contributed by atoms with Gasteiger partial charge in [0.05, 0.1) is 23.7 Å². The lowest BCUT2D eigenvalue weighted by atomic mass is 9.90. The van der Waals surface area contributed by atoms with Crippen LogP contribution in [0.3, 0.4) is 0 Å². The largest absolute Gasteiger partial charge is 0.391 e. The maximum atomic E-state index is 12.2. The number of hydrogen-bond acceptors (Lipinski definition) is 3. The van der Waals surface area contributed by atoms with Gasteiger partial charge in [-0.2, -0.15) is 0 Å². The monoisotopic (exact) mass is 243 g/mol. The maximum absolute atomic E-state index is 12.2. The van der Waals surface area contributed by atoms with Crippen LogP contribution in [0.15, 0.2) is 0 Å². The Morgan fingerprint density at radius 3 is 2.47 bits per heavy atom. The second kappa shape index (κ2) is 5.36. The number of aliphatic hydroxyl groups is 1. The Hall–Kier alpha value is -0.610. The highest BCUT2D eigenvalue weighted by molar-refractivity contribution is 5.80. The molecule has 100 valence electrons. The van der Waals surface area contributed by atoms with Crippen LogP contribution in [-0.2, 0) is 9.53 Å². The SMILES string of the molecule is CC(C)C1OCCC1C(=O)NC(C)(C)C(C)O. The van der Waals surface area contributed by atoms with Gasteiger partial charge < -0.3 is 15.2 Å². The lowest BCUT2D eigenvalue weighted by Gasteiger charge is -2.32. The number of amides is 1. The van der Waals surface area contributed by atoms with Gasteiger partial charge in [0.1, 0.15) is 0 Å². The van der Waals surface area contributed by atoms with Crippen LogP contribution >= 0.6 is 0 Å². The molecule has 3 unspecified atom stereocenters. The Morgan fingerprint density at radius 2 is 2.00 bits per heavy atom. The fraction of sp³-hybridized carbons (Fsp3) is 0.923. The first-order valence-electron chi connectivity index (χ1n) is 6.37. The molecule has 0 aromatic heterocycles. The third kappa shape index (κ3) is 3.42. The predicted octanol–water partition coefficient (Wildman–Crippen LogP) is 1.32. The molecule has 17 heavy (non-hydrogen) atoms. The Balaban J connectivity index is 2.64. The molecule has 1 rings (SSSR count). The Kier molecular flexibility index (Phi) is 4.55. The summed E-state index contributed by atoms with van der Waals surface area (Å²) in [6.07, 6.45) is 0.191. The van der Waals surface area contributed by atoms with Crippen LogP contribution in [-0.4, -0.2) is 35.4 Å². The fourth-order valence-electron chi connectivity index (χ4n) is 2.06. The molecule has 1 heterocycles. The summed E-state index contributed by atoms with van der Waals surface area (Å²) in [5, 5.41) is 12.5. The number of nitrogens with one attached hydrogen (secondary N) is 1. The van der Waals surface area contributed by atoms with Crippen molar-refractivity contribution in [2.45, 2.75) is 58.8 Å². The van der Waals surface area contributed by atoms with Gasteiger partial charge in [0, 0.05) is 6.61 Å². The highest BCUT2D eigenvalue weighted by Gasteiger charge is 2.38. The summed E-state index contributed by atoms with van der Waals surface area (Å²) in [5.41, 5.74) is -0.596. The van der Waals surface area contributed by atoms with E-state index >= 15 is 0 Å². The molecule has 4 nitrogen and oxygen atoms in total. The summed E-state index contributed by atoms with van der Waals surface area (Å²) in [7, 11) is 0. The smallest absolute Gasteiger partial charge is 0.226 e. The Labute approximate surface area is 104 Å². The first-order valence-corrected chi connectivity index (χ1v) is 6.37. The minimum absolute atomic E-state index is 0.000186. The van der Waals surface area contributed by atoms with E-state index in [9.17, 15) is 9.90 Å². The first kappa shape index (κ1) is 14.5. The van der Waals surface area contributed by atoms with Crippen LogP contribution in [0.5, 0.6) is 0 Å². The third-order valence-corrected chi connectivity index (χ3v) is 3.62. The highest BCUT2D eigenvalue weighted by Crippen LogP contribution is 2.27. The van der Waals surface area contributed by atoms with Crippen molar-refractivity contribution in [2.24, 2.45) is 11.8 Å². The molecule has 1 fully saturated rings. The van der Waals surface area contributed by atoms with Crippen molar-refractivity contribution in [3.8, 4) is 0 Å². The van der Waals surface area contributed by atoms with E-state index in [1.165, 1.54) is 0 Å². The van der Waals surface area contributed by atoms with Crippen molar-refractivity contribution >= 4 is 5.91 Å². The molecule has 0 saturated carbocycles. The average molecular weight is 243 g/mol. The van der Waals surface area contributed by atoms with Crippen molar-refractivity contribution < 1.29 is 14.6 Å². The second-order valence-corrected chi connectivity index (χ2v) is 5.86. The standard InChI is InChI=1S/C13H25NO3/c1-8(2)11-10(6-7-17-11)12(16)14-13(4,5)9(3)15/h8-11,15H,6-7H2,1-5H3,(H,14,16). The lowest BCUT2D eigenvalue weighted by molar-refractivity contribution is -0.130. The molecule has 2 N–H and O–H groups in total. The molecule has 0 spiro atoms. The molecule has 1 amide bonds. The number of carbonyl (C=O) groups excluding carboxylic acids is 1. The van der Waals surface area contributed by atoms with Gasteiger partial charge in [-0.25, -0.2) is 0 Å². The van der Waals surface area contributed by atoms with E-state index in [0.29, 0.717) is 12.5 Å². The quantitative estimate of drug-likeness (QED) is 0.783. The molecule has 3 atom stereocenters. The zero-order valence-electron chi connectivity index (χ0n) is 11.5. The molecule has 0 aromatic rings. The van der Waals surface area contributed by atoms with E-state index in [4.69, 9.17) is 4.74 Å². The zero-order valence-corrected chi connectivity index (χ0v) is 11.5. The molecule has 4 heteroatoms. The Bertz CT molecular complexity index is 274. The number of rotatable bonds is 4. The first-order chi connectivity index (χ1) is 7.75. The van der Waals surface area contributed by atoms with Gasteiger partial charge in [-0.3, -0.25) is 4.79 Å².